The minimum absolute atomic E-state index is 0. The van der Waals surface area contributed by atoms with E-state index in [2.05, 4.69) is 15.3 Å². The third kappa shape index (κ3) is 13.2. The van der Waals surface area contributed by atoms with Gasteiger partial charge in [-0.15, -0.1) is 0 Å². The van der Waals surface area contributed by atoms with Crippen LogP contribution in [0.4, 0.5) is 11.4 Å². The smallest absolute Gasteiger partial charge is 0.295 e. The molecule has 0 unspecified atom stereocenters. The number of pyridine rings is 2. The Labute approximate surface area is 472 Å². The molecule has 426 valence electrons. The van der Waals surface area contributed by atoms with Gasteiger partial charge in [0.25, 0.3) is 56.5 Å². The number of anilines is 1. The fourth-order valence-corrected chi connectivity index (χ4v) is 14.5. The van der Waals surface area contributed by atoms with Gasteiger partial charge in [0, 0.05) is 76.7 Å². The second-order valence-corrected chi connectivity index (χ2v) is 29.3. The number of carbonyl (C=O) groups excluding carboxylic acids is 1. The van der Waals surface area contributed by atoms with Crippen molar-refractivity contribution in [2.24, 2.45) is 0 Å². The Morgan fingerprint density at radius 1 is 0.725 bits per heavy atom. The second kappa shape index (κ2) is 22.8. The van der Waals surface area contributed by atoms with Crippen LogP contribution in [-0.2, 0) is 61.4 Å². The molecule has 28 heteroatoms. The zero-order valence-electron chi connectivity index (χ0n) is 42.6. The molecule has 80 heavy (non-hydrogen) atoms. The molecule has 8 rings (SSSR count). The predicted molar refractivity (Wildman–Crippen MR) is 309 cm³/mol. The SMILES string of the molecule is C.Cc1cc(S(=O)(=O)O)cc2c3c(ccc12)[N+](CCS(=O)(=O)O)=C(/C=C/C(=C/C=C1/N(CCS(=O)(=O)O)c2ccc4c(S(=O)(=O)O)cc(S(=O)(=O)O)cc4c2C1(C)C)c1ccc(C(=O)NCCSSc2ccccn2)cn1)C3(C)C. The summed E-state index contributed by atoms with van der Waals surface area (Å²) in [6.07, 6.45) is 9.47. The van der Waals surface area contributed by atoms with E-state index < -0.39 is 95.2 Å². The van der Waals surface area contributed by atoms with E-state index in [0.29, 0.717) is 62.9 Å². The molecule has 6 N–H and O–H groups in total. The predicted octanol–water partition coefficient (Wildman–Crippen LogP) is 8.11. The van der Waals surface area contributed by atoms with Gasteiger partial charge in [0.05, 0.1) is 32.2 Å². The van der Waals surface area contributed by atoms with Crippen LogP contribution in [-0.4, -0.2) is 128 Å². The number of nitrogens with one attached hydrogen (secondary N) is 1. The number of fused-ring (bicyclic) bond motifs is 6. The van der Waals surface area contributed by atoms with Crippen LogP contribution in [0.1, 0.15) is 67.9 Å². The average Bonchev–Trinajstić information content (AvgIpc) is 3.63. The van der Waals surface area contributed by atoms with Gasteiger partial charge < -0.3 is 10.2 Å². The lowest BCUT2D eigenvalue weighted by Gasteiger charge is -2.27. The molecule has 0 saturated carbocycles. The third-order valence-electron chi connectivity index (χ3n) is 13.5. The van der Waals surface area contributed by atoms with Crippen LogP contribution in [0.25, 0.3) is 27.1 Å². The summed E-state index contributed by atoms with van der Waals surface area (Å²) in [5.74, 6) is -1.44. The van der Waals surface area contributed by atoms with Gasteiger partial charge in [0.2, 0.25) is 5.69 Å². The third-order valence-corrected chi connectivity index (χ3v) is 19.7. The molecule has 6 aromatic rings. The average molecular weight is 1230 g/mol. The summed E-state index contributed by atoms with van der Waals surface area (Å²) in [6, 6.07) is 19.1. The molecule has 0 atom stereocenters. The van der Waals surface area contributed by atoms with Crippen molar-refractivity contribution in [3.05, 3.63) is 149 Å². The summed E-state index contributed by atoms with van der Waals surface area (Å²) >= 11 is 0. The normalized spacial score (nSPS) is 16.1. The van der Waals surface area contributed by atoms with Crippen LogP contribution in [0.5, 0.6) is 0 Å². The number of hydrogen-bond acceptors (Lipinski definition) is 16. The molecular weight excluding hydrogens is 1180 g/mol. The lowest BCUT2D eigenvalue weighted by molar-refractivity contribution is -0.432. The van der Waals surface area contributed by atoms with Crippen molar-refractivity contribution in [1.29, 1.82) is 0 Å². The number of allylic oxidation sites excluding steroid dienone is 6. The summed E-state index contributed by atoms with van der Waals surface area (Å²) in [6.45, 7) is 8.26. The van der Waals surface area contributed by atoms with E-state index in [1.807, 2.05) is 26.0 Å². The molecule has 0 bridgehead atoms. The molecule has 2 aromatic heterocycles. The molecule has 0 saturated heterocycles. The molecule has 0 radical (unpaired) electrons. The number of hydrogen-bond donors (Lipinski definition) is 6. The molecule has 0 spiro atoms. The van der Waals surface area contributed by atoms with Gasteiger partial charge in [-0.1, -0.05) is 50.3 Å². The van der Waals surface area contributed by atoms with E-state index in [1.165, 1.54) is 63.0 Å². The van der Waals surface area contributed by atoms with E-state index in [4.69, 9.17) is 0 Å². The quantitative estimate of drug-likeness (QED) is 0.0147. The first-order chi connectivity index (χ1) is 36.7. The number of carbonyl (C=O) groups is 1. The zero-order valence-corrected chi connectivity index (χ0v) is 48.3. The Morgan fingerprint density at radius 3 is 1.98 bits per heavy atom. The molecule has 4 heterocycles. The largest absolute Gasteiger partial charge is 0.351 e. The first-order valence-corrected chi connectivity index (χ1v) is 33.5. The number of rotatable bonds is 19. The summed E-state index contributed by atoms with van der Waals surface area (Å²) in [7, 11) is -21.2. The number of nitrogens with zero attached hydrogens (tertiary/aromatic N) is 4. The molecule has 2 aliphatic rings. The monoisotopic (exact) mass is 1230 g/mol. The second-order valence-electron chi connectivity index (χ2n) is 19.5. The van der Waals surface area contributed by atoms with Crippen LogP contribution in [0.2, 0.25) is 0 Å². The Bertz CT molecular complexity index is 4220. The lowest BCUT2D eigenvalue weighted by Crippen LogP contribution is -2.30. The highest BCUT2D eigenvalue weighted by molar-refractivity contribution is 8.76. The van der Waals surface area contributed by atoms with Crippen molar-refractivity contribution in [3.63, 3.8) is 0 Å². The minimum Gasteiger partial charge on any atom is -0.351 e. The highest BCUT2D eigenvalue weighted by Gasteiger charge is 2.47. The van der Waals surface area contributed by atoms with Crippen molar-refractivity contribution in [3.8, 4) is 0 Å². The Morgan fingerprint density at radius 2 is 1.38 bits per heavy atom. The van der Waals surface area contributed by atoms with Crippen molar-refractivity contribution in [1.82, 2.24) is 15.3 Å². The van der Waals surface area contributed by atoms with E-state index in [9.17, 15) is 69.6 Å². The van der Waals surface area contributed by atoms with Crippen molar-refractivity contribution < 1.29 is 74.2 Å². The molecule has 1 amide bonds. The van der Waals surface area contributed by atoms with Gasteiger partial charge in [-0.05, 0) is 132 Å². The van der Waals surface area contributed by atoms with E-state index >= 15 is 0 Å². The van der Waals surface area contributed by atoms with Crippen LogP contribution in [0, 0.1) is 6.92 Å². The van der Waals surface area contributed by atoms with Crippen molar-refractivity contribution in [2.45, 2.75) is 72.6 Å². The van der Waals surface area contributed by atoms with Crippen LogP contribution < -0.4 is 10.2 Å². The first kappa shape index (κ1) is 61.7. The van der Waals surface area contributed by atoms with Gasteiger partial charge in [0.1, 0.15) is 15.7 Å². The van der Waals surface area contributed by atoms with Gasteiger partial charge >= 0.3 is 0 Å². The Hall–Kier alpha value is -5.89. The van der Waals surface area contributed by atoms with Gasteiger partial charge in [-0.3, -0.25) is 32.5 Å². The van der Waals surface area contributed by atoms with E-state index in [1.54, 1.807) is 80.1 Å². The zero-order chi connectivity index (χ0) is 57.8. The highest BCUT2D eigenvalue weighted by atomic mass is 33.1. The maximum Gasteiger partial charge on any atom is 0.295 e. The van der Waals surface area contributed by atoms with Crippen molar-refractivity contribution >= 4 is 122 Å². The Balaban J connectivity index is 0.00000924. The first-order valence-electron chi connectivity index (χ1n) is 23.7. The van der Waals surface area contributed by atoms with E-state index in [0.717, 1.165) is 11.1 Å². The number of amides is 1. The summed E-state index contributed by atoms with van der Waals surface area (Å²) in [5, 5.41) is 4.55. The topological polar surface area (TPSA) is 333 Å². The van der Waals surface area contributed by atoms with Gasteiger partial charge in [-0.2, -0.15) is 46.7 Å². The number of benzene rings is 4. The molecular formula is C52H56N5O16S7+. The fraction of sp³-hybridized carbons (Fsp3) is 0.269. The minimum atomic E-state index is -5.13. The fourth-order valence-electron chi connectivity index (χ4n) is 9.97. The lowest BCUT2D eigenvalue weighted by atomic mass is 9.78. The standard InChI is InChI=1S/C51H51N5O16S7.CH4/c1-31-26-34(77(64,65)66)27-38-36(31)12-15-41-47(38)50(2,3)44(55(41)21-24-75(58,59)60)17-10-32(40-14-9-33(30-54-40)49(57)53-20-23-73-74-46-8-6-7-19-52-46)11-18-45-51(4,5)48-39-28-35(78(67,68)69)29-43(79(70,71)72)37(39)13-16-42(48)56(45)22-25-76(61,62)63;/h6-19,26-30H,20-25H2,1-5H3,(H5-,53,57,58,59,60,61,62,63,64,65,66,67,68,69,70,71,72);1H4/p+1. The maximum atomic E-state index is 13.4. The molecule has 21 nitrogen and oxygen atoms in total. The summed E-state index contributed by atoms with van der Waals surface area (Å²) < 4.78 is 177. The Kier molecular flexibility index (Phi) is 17.6. The highest BCUT2D eigenvalue weighted by Crippen LogP contribution is 2.52. The number of aryl methyl sites for hydroxylation is 1. The van der Waals surface area contributed by atoms with E-state index in [-0.39, 0.29) is 52.1 Å². The molecule has 0 aliphatic carbocycles. The molecule has 2 aliphatic heterocycles. The van der Waals surface area contributed by atoms with Crippen LogP contribution >= 0.6 is 21.6 Å². The molecule has 0 fully saturated rings. The van der Waals surface area contributed by atoms with Gasteiger partial charge in [-0.25, -0.2) is 4.98 Å². The summed E-state index contributed by atoms with van der Waals surface area (Å²) in [5.41, 5.74) is 1.14. The summed E-state index contributed by atoms with van der Waals surface area (Å²) in [4.78, 5) is 21.8. The number of aromatic nitrogens is 2. The van der Waals surface area contributed by atoms with Crippen LogP contribution in [0.15, 0.2) is 141 Å². The van der Waals surface area contributed by atoms with Crippen molar-refractivity contribution in [2.75, 3.05) is 41.8 Å². The van der Waals surface area contributed by atoms with Crippen LogP contribution in [0.3, 0.4) is 0 Å². The molecule has 4 aromatic carbocycles. The maximum absolute atomic E-state index is 13.4. The van der Waals surface area contributed by atoms with Gasteiger partial charge in [0.15, 0.2) is 12.3 Å².